The van der Waals surface area contributed by atoms with E-state index >= 15 is 0 Å². The van der Waals surface area contributed by atoms with Crippen LogP contribution < -0.4 is 5.32 Å². The second-order valence-corrected chi connectivity index (χ2v) is 4.67. The summed E-state index contributed by atoms with van der Waals surface area (Å²) in [6, 6.07) is 7.03. The van der Waals surface area contributed by atoms with Crippen LogP contribution in [0.3, 0.4) is 0 Å². The minimum Gasteiger partial charge on any atom is -0.382 e. The summed E-state index contributed by atoms with van der Waals surface area (Å²) in [5.41, 5.74) is 2.72. The Bertz CT molecular complexity index is 335. The molecule has 1 aromatic carbocycles. The van der Waals surface area contributed by atoms with Crippen LogP contribution in [0.15, 0.2) is 23.1 Å². The van der Waals surface area contributed by atoms with E-state index in [0.29, 0.717) is 12.0 Å². The minimum absolute atomic E-state index is 0.642. The molecule has 1 aliphatic rings. The summed E-state index contributed by atoms with van der Waals surface area (Å²) in [6.45, 7) is 4.54. The molecule has 2 unspecified atom stereocenters. The van der Waals surface area contributed by atoms with Crippen molar-refractivity contribution in [1.82, 2.24) is 0 Å². The molecule has 1 aliphatic heterocycles. The first-order valence-electron chi connectivity index (χ1n) is 5.30. The maximum absolute atomic E-state index is 4.38. The van der Waals surface area contributed by atoms with E-state index in [1.165, 1.54) is 24.1 Å². The van der Waals surface area contributed by atoms with Gasteiger partial charge in [-0.05, 0) is 42.5 Å². The molecular formula is C12H17NS. The van der Waals surface area contributed by atoms with Crippen LogP contribution in [0.25, 0.3) is 0 Å². The van der Waals surface area contributed by atoms with Gasteiger partial charge in [-0.3, -0.25) is 0 Å². The summed E-state index contributed by atoms with van der Waals surface area (Å²) in [5.74, 6) is 0.656. The fourth-order valence-electron chi connectivity index (χ4n) is 2.19. The van der Waals surface area contributed by atoms with Gasteiger partial charge in [0.2, 0.25) is 0 Å². The van der Waals surface area contributed by atoms with E-state index in [9.17, 15) is 0 Å². The summed E-state index contributed by atoms with van der Waals surface area (Å²) in [7, 11) is 0. The van der Waals surface area contributed by atoms with Crippen molar-refractivity contribution in [3.8, 4) is 0 Å². The van der Waals surface area contributed by atoms with Gasteiger partial charge in [-0.1, -0.05) is 13.8 Å². The highest BCUT2D eigenvalue weighted by Crippen LogP contribution is 2.35. The molecule has 0 fully saturated rings. The number of fused-ring (bicyclic) bond motifs is 1. The van der Waals surface area contributed by atoms with Gasteiger partial charge in [0.1, 0.15) is 0 Å². The number of anilines is 1. The lowest BCUT2D eigenvalue weighted by Crippen LogP contribution is -2.26. The summed E-state index contributed by atoms with van der Waals surface area (Å²) in [6.07, 6.45) is 2.44. The van der Waals surface area contributed by atoms with Crippen LogP contribution in [0.1, 0.15) is 38.2 Å². The zero-order valence-electron chi connectivity index (χ0n) is 8.75. The molecule has 1 N–H and O–H groups in total. The monoisotopic (exact) mass is 207 g/mol. The lowest BCUT2D eigenvalue weighted by molar-refractivity contribution is 0.546. The van der Waals surface area contributed by atoms with Gasteiger partial charge in [-0.15, -0.1) is 12.6 Å². The number of benzene rings is 1. The van der Waals surface area contributed by atoms with Gasteiger partial charge in [0.05, 0.1) is 0 Å². The Kier molecular flexibility index (Phi) is 2.73. The maximum atomic E-state index is 4.38. The predicted molar refractivity (Wildman–Crippen MR) is 64.4 cm³/mol. The molecule has 0 radical (unpaired) electrons. The Labute approximate surface area is 91.3 Å². The molecule has 0 amide bonds. The topological polar surface area (TPSA) is 12.0 Å². The highest BCUT2D eigenvalue weighted by Gasteiger charge is 2.21. The number of thiol groups is 1. The molecule has 0 bridgehead atoms. The first kappa shape index (κ1) is 9.91. The maximum Gasteiger partial charge on any atom is 0.0378 e. The smallest absolute Gasteiger partial charge is 0.0378 e. The fraction of sp³-hybridized carbons (Fsp3) is 0.500. The molecule has 76 valence electrons. The molecule has 1 heterocycles. The van der Waals surface area contributed by atoms with Crippen molar-refractivity contribution in [2.24, 2.45) is 0 Å². The van der Waals surface area contributed by atoms with Gasteiger partial charge in [0.15, 0.2) is 0 Å². The number of hydrogen-bond acceptors (Lipinski definition) is 2. The average molecular weight is 207 g/mol. The Balaban J connectivity index is 2.35. The van der Waals surface area contributed by atoms with Gasteiger partial charge >= 0.3 is 0 Å². The van der Waals surface area contributed by atoms with E-state index in [1.807, 2.05) is 0 Å². The quantitative estimate of drug-likeness (QED) is 0.670. The van der Waals surface area contributed by atoms with Crippen molar-refractivity contribution >= 4 is 18.3 Å². The van der Waals surface area contributed by atoms with Crippen molar-refractivity contribution in [1.29, 1.82) is 0 Å². The number of hydrogen-bond donors (Lipinski definition) is 2. The Morgan fingerprint density at radius 2 is 2.29 bits per heavy atom. The normalized spacial score (nSPS) is 25.4. The van der Waals surface area contributed by atoms with E-state index in [4.69, 9.17) is 0 Å². The molecule has 0 saturated heterocycles. The summed E-state index contributed by atoms with van der Waals surface area (Å²) in [4.78, 5) is 1.06. The third-order valence-corrected chi connectivity index (χ3v) is 3.33. The second-order valence-electron chi connectivity index (χ2n) is 4.16. The number of nitrogens with one attached hydrogen (secondary N) is 1. The lowest BCUT2D eigenvalue weighted by atomic mass is 9.87. The Hall–Kier alpha value is -0.630. The zero-order valence-corrected chi connectivity index (χ0v) is 9.64. The summed E-state index contributed by atoms with van der Waals surface area (Å²) >= 11 is 4.38. The zero-order chi connectivity index (χ0) is 10.1. The highest BCUT2D eigenvalue weighted by molar-refractivity contribution is 7.80. The molecule has 2 rings (SSSR count). The molecular weight excluding hydrogens is 190 g/mol. The van der Waals surface area contributed by atoms with Crippen molar-refractivity contribution in [3.63, 3.8) is 0 Å². The average Bonchev–Trinajstić information content (AvgIpc) is 2.19. The molecule has 0 saturated carbocycles. The van der Waals surface area contributed by atoms with Crippen LogP contribution >= 0.6 is 12.6 Å². The Morgan fingerprint density at radius 1 is 1.50 bits per heavy atom. The molecule has 0 aliphatic carbocycles. The van der Waals surface area contributed by atoms with E-state index in [-0.39, 0.29) is 0 Å². The fourth-order valence-corrected chi connectivity index (χ4v) is 2.40. The molecule has 14 heavy (non-hydrogen) atoms. The van der Waals surface area contributed by atoms with E-state index in [1.54, 1.807) is 0 Å². The van der Waals surface area contributed by atoms with Crippen molar-refractivity contribution in [2.75, 3.05) is 5.32 Å². The van der Waals surface area contributed by atoms with Crippen LogP contribution in [0.2, 0.25) is 0 Å². The van der Waals surface area contributed by atoms with Gasteiger partial charge < -0.3 is 5.32 Å². The highest BCUT2D eigenvalue weighted by atomic mass is 32.1. The van der Waals surface area contributed by atoms with Crippen LogP contribution in [-0.4, -0.2) is 6.04 Å². The first-order chi connectivity index (χ1) is 6.70. The SMILES string of the molecule is CCC1CC(C)c2cc(S)ccc2N1. The number of rotatable bonds is 1. The predicted octanol–water partition coefficient (Wildman–Crippen LogP) is 3.67. The Morgan fingerprint density at radius 3 is 3.00 bits per heavy atom. The summed E-state index contributed by atoms with van der Waals surface area (Å²) < 4.78 is 0. The minimum atomic E-state index is 0.642. The molecule has 0 spiro atoms. The third-order valence-electron chi connectivity index (χ3n) is 3.06. The van der Waals surface area contributed by atoms with Gasteiger partial charge in [0.25, 0.3) is 0 Å². The largest absolute Gasteiger partial charge is 0.382 e. The molecule has 1 aromatic rings. The van der Waals surface area contributed by atoms with Crippen molar-refractivity contribution < 1.29 is 0 Å². The van der Waals surface area contributed by atoms with Crippen molar-refractivity contribution in [3.05, 3.63) is 23.8 Å². The van der Waals surface area contributed by atoms with E-state index in [2.05, 4.69) is 50.0 Å². The van der Waals surface area contributed by atoms with Gasteiger partial charge in [0, 0.05) is 16.6 Å². The van der Waals surface area contributed by atoms with Crippen LogP contribution in [0, 0.1) is 0 Å². The lowest BCUT2D eigenvalue weighted by Gasteiger charge is -2.31. The van der Waals surface area contributed by atoms with Crippen LogP contribution in [0.5, 0.6) is 0 Å². The van der Waals surface area contributed by atoms with Crippen LogP contribution in [0.4, 0.5) is 5.69 Å². The van der Waals surface area contributed by atoms with Crippen molar-refractivity contribution in [2.45, 2.75) is 43.5 Å². The third kappa shape index (κ3) is 1.76. The van der Waals surface area contributed by atoms with E-state index in [0.717, 1.165) is 4.90 Å². The standard InChI is InChI=1S/C12H17NS/c1-3-9-6-8(2)11-7-10(14)4-5-12(11)13-9/h4-5,7-9,13-14H,3,6H2,1-2H3. The molecule has 2 atom stereocenters. The second kappa shape index (κ2) is 3.85. The first-order valence-corrected chi connectivity index (χ1v) is 5.75. The molecule has 1 nitrogen and oxygen atoms in total. The molecule has 0 aromatic heterocycles. The van der Waals surface area contributed by atoms with Gasteiger partial charge in [-0.25, -0.2) is 0 Å². The molecule has 2 heteroatoms. The van der Waals surface area contributed by atoms with E-state index < -0.39 is 0 Å². The van der Waals surface area contributed by atoms with Crippen LogP contribution in [-0.2, 0) is 0 Å². The summed E-state index contributed by atoms with van der Waals surface area (Å²) in [5, 5.41) is 3.57. The van der Waals surface area contributed by atoms with Gasteiger partial charge in [-0.2, -0.15) is 0 Å².